The van der Waals surface area contributed by atoms with Crippen LogP contribution in [0.25, 0.3) is 0 Å². The predicted molar refractivity (Wildman–Crippen MR) is 57.8 cm³/mol. The van der Waals surface area contributed by atoms with Crippen molar-refractivity contribution in [3.8, 4) is 0 Å². The number of aliphatic hydroxyl groups excluding tert-OH is 3. The second-order valence-corrected chi connectivity index (χ2v) is 6.33. The van der Waals surface area contributed by atoms with E-state index in [2.05, 4.69) is 9.05 Å². The first-order valence-corrected chi connectivity index (χ1v) is 8.10. The average Bonchev–Trinajstić information content (AvgIpc) is 2.25. The fourth-order valence-corrected chi connectivity index (χ4v) is 2.23. The third-order valence-corrected chi connectivity index (χ3v) is 3.28. The van der Waals surface area contributed by atoms with Crippen LogP contribution in [0.15, 0.2) is 0 Å². The Morgan fingerprint density at radius 2 is 1.45 bits per heavy atom. The molecule has 1 saturated heterocycles. The van der Waals surface area contributed by atoms with Crippen molar-refractivity contribution in [1.82, 2.24) is 0 Å². The highest BCUT2D eigenvalue weighted by atomic mass is 31.2. The van der Waals surface area contributed by atoms with Crippen molar-refractivity contribution in [3.63, 3.8) is 0 Å². The minimum atomic E-state index is -5.07. The maximum absolute atomic E-state index is 10.6. The number of rotatable bonds is 5. The van der Waals surface area contributed by atoms with Crippen molar-refractivity contribution >= 4 is 15.6 Å². The Hall–Kier alpha value is 0.0600. The highest BCUT2D eigenvalue weighted by molar-refractivity contribution is 7.46. The Balaban J connectivity index is 2.76. The van der Waals surface area contributed by atoms with Crippen LogP contribution in [0.2, 0.25) is 0 Å². The van der Waals surface area contributed by atoms with Crippen molar-refractivity contribution in [3.05, 3.63) is 0 Å². The molecule has 0 saturated carbocycles. The van der Waals surface area contributed by atoms with Gasteiger partial charge in [-0.25, -0.2) is 9.13 Å². The molecular formula is C6H14O12P2. The van der Waals surface area contributed by atoms with Gasteiger partial charge in [0.15, 0.2) is 6.29 Å². The topological polar surface area (TPSA) is 203 Å². The lowest BCUT2D eigenvalue weighted by Gasteiger charge is -2.39. The largest absolute Gasteiger partial charge is 0.472 e. The normalized spacial score (nSPS) is 36.0. The van der Waals surface area contributed by atoms with Gasteiger partial charge in [-0.2, -0.15) is 0 Å². The van der Waals surface area contributed by atoms with E-state index in [4.69, 9.17) is 24.3 Å². The second kappa shape index (κ2) is 6.44. The Labute approximate surface area is 112 Å². The highest BCUT2D eigenvalue weighted by Gasteiger charge is 2.47. The molecule has 1 fully saturated rings. The smallest absolute Gasteiger partial charge is 0.387 e. The summed E-state index contributed by atoms with van der Waals surface area (Å²) in [5.74, 6) is 0. The van der Waals surface area contributed by atoms with Crippen LogP contribution in [-0.2, 0) is 22.9 Å². The van der Waals surface area contributed by atoms with Gasteiger partial charge in [-0.1, -0.05) is 0 Å². The molecule has 1 aliphatic heterocycles. The Morgan fingerprint density at radius 3 is 1.90 bits per heavy atom. The molecule has 0 aromatic heterocycles. The fourth-order valence-electron chi connectivity index (χ4n) is 1.45. The van der Waals surface area contributed by atoms with Gasteiger partial charge in [-0.15, -0.1) is 0 Å². The number of aliphatic hydroxyl groups is 3. The van der Waals surface area contributed by atoms with E-state index in [0.717, 1.165) is 0 Å². The zero-order chi connectivity index (χ0) is 15.7. The molecule has 0 bridgehead atoms. The Morgan fingerprint density at radius 1 is 0.900 bits per heavy atom. The molecule has 0 aromatic rings. The summed E-state index contributed by atoms with van der Waals surface area (Å²) in [5, 5.41) is 28.4. The molecule has 7 N–H and O–H groups in total. The van der Waals surface area contributed by atoms with Crippen molar-refractivity contribution in [2.75, 3.05) is 6.61 Å². The second-order valence-electron chi connectivity index (χ2n) is 3.90. The molecule has 5 atom stereocenters. The lowest BCUT2D eigenvalue weighted by atomic mass is 10.00. The Kier molecular flexibility index (Phi) is 5.83. The van der Waals surface area contributed by atoms with Crippen LogP contribution in [0.5, 0.6) is 0 Å². The van der Waals surface area contributed by atoms with Gasteiger partial charge in [-0.05, 0) is 0 Å². The van der Waals surface area contributed by atoms with Gasteiger partial charge < -0.3 is 39.6 Å². The van der Waals surface area contributed by atoms with E-state index in [1.165, 1.54) is 0 Å². The lowest BCUT2D eigenvalue weighted by molar-refractivity contribution is -0.279. The summed E-state index contributed by atoms with van der Waals surface area (Å²) >= 11 is 0. The molecule has 0 aromatic carbocycles. The summed E-state index contributed by atoms with van der Waals surface area (Å²) in [5.41, 5.74) is 0. The lowest BCUT2D eigenvalue weighted by Crippen LogP contribution is -2.59. The van der Waals surface area contributed by atoms with Crippen molar-refractivity contribution in [2.45, 2.75) is 30.7 Å². The van der Waals surface area contributed by atoms with E-state index < -0.39 is 53.0 Å². The molecule has 0 spiro atoms. The van der Waals surface area contributed by atoms with E-state index in [9.17, 15) is 24.4 Å². The molecule has 0 amide bonds. The fraction of sp³-hybridized carbons (Fsp3) is 1.00. The van der Waals surface area contributed by atoms with Gasteiger partial charge in [0.25, 0.3) is 0 Å². The third kappa shape index (κ3) is 5.45. The van der Waals surface area contributed by atoms with Crippen LogP contribution in [0.4, 0.5) is 0 Å². The molecule has 120 valence electrons. The SMILES string of the molecule is O=P(O)(O)OCC1OC(OP(=O)(O)O)C(O)[C@H](O)[C@@H]1O. The maximum atomic E-state index is 10.6. The number of phosphoric ester groups is 2. The zero-order valence-electron chi connectivity index (χ0n) is 9.66. The predicted octanol–water partition coefficient (Wildman–Crippen LogP) is -2.99. The number of hydrogen-bond donors (Lipinski definition) is 7. The molecule has 1 heterocycles. The first-order chi connectivity index (χ1) is 8.91. The van der Waals surface area contributed by atoms with Crippen LogP contribution in [0.1, 0.15) is 0 Å². The van der Waals surface area contributed by atoms with Crippen LogP contribution in [-0.4, -0.2) is 72.2 Å². The summed E-state index contributed by atoms with van der Waals surface area (Å²) < 4.78 is 33.9. The minimum absolute atomic E-state index is 0.907. The molecular weight excluding hydrogens is 326 g/mol. The van der Waals surface area contributed by atoms with Gasteiger partial charge in [0.05, 0.1) is 6.61 Å². The van der Waals surface area contributed by atoms with E-state index in [0.29, 0.717) is 0 Å². The van der Waals surface area contributed by atoms with Crippen molar-refractivity contribution in [1.29, 1.82) is 0 Å². The summed E-state index contributed by atoms with van der Waals surface area (Å²) in [6.07, 6.45) is -9.32. The molecule has 14 heteroatoms. The standard InChI is InChI=1S/C6H14O12P2/c7-3-2(1-16-19(10,11)12)17-6(5(9)4(3)8)18-20(13,14)15/h2-9H,1H2,(H2,10,11,12)(H2,13,14,15)/t2?,3-,4-,5?,6?/m1/s1. The van der Waals surface area contributed by atoms with Gasteiger partial charge in [0, 0.05) is 0 Å². The van der Waals surface area contributed by atoms with E-state index in [1.54, 1.807) is 0 Å². The molecule has 1 rings (SSSR count). The minimum Gasteiger partial charge on any atom is -0.387 e. The summed E-state index contributed by atoms with van der Waals surface area (Å²) in [6.45, 7) is -0.907. The summed E-state index contributed by atoms with van der Waals surface area (Å²) in [7, 11) is -9.95. The van der Waals surface area contributed by atoms with Gasteiger partial charge in [0.1, 0.15) is 24.4 Å². The maximum Gasteiger partial charge on any atom is 0.472 e. The van der Waals surface area contributed by atoms with Crippen LogP contribution >= 0.6 is 15.6 Å². The van der Waals surface area contributed by atoms with Gasteiger partial charge >= 0.3 is 15.6 Å². The number of hydrogen-bond acceptors (Lipinski definition) is 8. The van der Waals surface area contributed by atoms with Crippen molar-refractivity contribution < 1.29 is 57.8 Å². The van der Waals surface area contributed by atoms with Gasteiger partial charge in [-0.3, -0.25) is 9.05 Å². The van der Waals surface area contributed by atoms with Crippen LogP contribution < -0.4 is 0 Å². The third-order valence-electron chi connectivity index (χ3n) is 2.32. The van der Waals surface area contributed by atoms with Crippen molar-refractivity contribution in [2.24, 2.45) is 0 Å². The molecule has 0 aliphatic carbocycles. The van der Waals surface area contributed by atoms with E-state index in [-0.39, 0.29) is 0 Å². The van der Waals surface area contributed by atoms with Crippen LogP contribution in [0, 0.1) is 0 Å². The first-order valence-electron chi connectivity index (χ1n) is 5.04. The molecule has 0 radical (unpaired) electrons. The quantitative estimate of drug-likeness (QED) is 0.250. The average molecular weight is 340 g/mol. The molecule has 1 aliphatic rings. The first kappa shape index (κ1) is 18.1. The summed E-state index contributed by atoms with van der Waals surface area (Å²) in [6, 6.07) is 0. The highest BCUT2D eigenvalue weighted by Crippen LogP contribution is 2.41. The van der Waals surface area contributed by atoms with Gasteiger partial charge in [0.2, 0.25) is 0 Å². The number of phosphoric acid groups is 2. The van der Waals surface area contributed by atoms with E-state index >= 15 is 0 Å². The number of ether oxygens (including phenoxy) is 1. The monoisotopic (exact) mass is 340 g/mol. The molecule has 12 nitrogen and oxygen atoms in total. The Bertz CT molecular complexity index is 412. The summed E-state index contributed by atoms with van der Waals surface area (Å²) in [4.78, 5) is 34.1. The molecule has 20 heavy (non-hydrogen) atoms. The van der Waals surface area contributed by atoms with Crippen LogP contribution in [0.3, 0.4) is 0 Å². The van der Waals surface area contributed by atoms with E-state index in [1.807, 2.05) is 0 Å². The molecule has 3 unspecified atom stereocenters. The zero-order valence-corrected chi connectivity index (χ0v) is 11.4.